The molecule has 3 heterocycles. The van der Waals surface area contributed by atoms with Crippen LogP contribution in [0.25, 0.3) is 10.9 Å². The van der Waals surface area contributed by atoms with Crippen molar-refractivity contribution in [3.8, 4) is 5.75 Å². The van der Waals surface area contributed by atoms with E-state index in [0.29, 0.717) is 42.6 Å². The number of likely N-dealkylation sites (N-methyl/N-ethyl adjacent to an activating group) is 1. The van der Waals surface area contributed by atoms with Crippen LogP contribution >= 0.6 is 0 Å². The van der Waals surface area contributed by atoms with E-state index >= 15 is 0 Å². The number of aromatic nitrogens is 1. The fourth-order valence-corrected chi connectivity index (χ4v) is 4.03. The topological polar surface area (TPSA) is 110 Å². The smallest absolute Gasteiger partial charge is 0.254 e. The van der Waals surface area contributed by atoms with Gasteiger partial charge >= 0.3 is 0 Å². The van der Waals surface area contributed by atoms with Gasteiger partial charge in [-0.25, -0.2) is 4.98 Å². The molecule has 1 aromatic heterocycles. The number of nitrogens with one attached hydrogen (secondary N) is 1. The first-order valence-corrected chi connectivity index (χ1v) is 9.29. The zero-order valence-electron chi connectivity index (χ0n) is 15.8. The van der Waals surface area contributed by atoms with E-state index in [2.05, 4.69) is 10.5 Å². The van der Waals surface area contributed by atoms with Crippen LogP contribution in [0.4, 0.5) is 11.5 Å². The first-order valence-electron chi connectivity index (χ1n) is 9.29. The highest BCUT2D eigenvalue weighted by Crippen LogP contribution is 2.38. The average molecular weight is 392 g/mol. The molecule has 0 saturated carbocycles. The quantitative estimate of drug-likeness (QED) is 0.588. The highest BCUT2D eigenvalue weighted by Gasteiger charge is 2.31. The molecular formula is C21H20N4O4. The molecule has 8 nitrogen and oxygen atoms in total. The third kappa shape index (κ3) is 2.76. The number of carbonyl (C=O) groups is 1. The number of benzene rings is 2. The van der Waals surface area contributed by atoms with Crippen molar-refractivity contribution in [1.82, 2.24) is 9.88 Å². The number of nitrogens with zero attached hydrogens (tertiary/aromatic N) is 2. The maximum absolute atomic E-state index is 13.2. The van der Waals surface area contributed by atoms with Crippen LogP contribution in [-0.4, -0.2) is 34.7 Å². The molecule has 0 fully saturated rings. The number of nitrogens with two attached hydrogens (primary N) is 1. The van der Waals surface area contributed by atoms with Gasteiger partial charge in [0.15, 0.2) is 0 Å². The molecule has 2 aromatic carbocycles. The fraction of sp³-hybridized carbons (Fsp3) is 0.238. The van der Waals surface area contributed by atoms with Crippen molar-refractivity contribution in [3.05, 3.63) is 58.7 Å². The van der Waals surface area contributed by atoms with E-state index < -0.39 is 0 Å². The summed E-state index contributed by atoms with van der Waals surface area (Å²) >= 11 is 0. The summed E-state index contributed by atoms with van der Waals surface area (Å²) in [7, 11) is 1.77. The Hall–Kier alpha value is -3.36. The Kier molecular flexibility index (Phi) is 4.04. The van der Waals surface area contributed by atoms with Crippen molar-refractivity contribution < 1.29 is 19.5 Å². The third-order valence-electron chi connectivity index (χ3n) is 5.66. The summed E-state index contributed by atoms with van der Waals surface area (Å²) in [5.74, 6) is 1.03. The second-order valence-electron chi connectivity index (χ2n) is 7.29. The number of ether oxygens (including phenoxy) is 2. The van der Waals surface area contributed by atoms with Gasteiger partial charge in [-0.15, -0.1) is 0 Å². The minimum absolute atomic E-state index is 0.109. The maximum Gasteiger partial charge on any atom is 0.254 e. The summed E-state index contributed by atoms with van der Waals surface area (Å²) in [6.45, 7) is 1.28. The van der Waals surface area contributed by atoms with Crippen molar-refractivity contribution in [1.29, 1.82) is 0 Å². The largest absolute Gasteiger partial charge is 0.491 e. The predicted molar refractivity (Wildman–Crippen MR) is 107 cm³/mol. The number of hydrogen-bond donors (Lipinski definition) is 3. The van der Waals surface area contributed by atoms with E-state index in [4.69, 9.17) is 20.4 Å². The molecule has 2 aliphatic rings. The van der Waals surface area contributed by atoms with Crippen molar-refractivity contribution in [2.75, 3.05) is 24.9 Å². The van der Waals surface area contributed by atoms with Crippen LogP contribution in [-0.2, 0) is 18.0 Å². The van der Waals surface area contributed by atoms with Gasteiger partial charge in [-0.3, -0.25) is 15.5 Å². The molecule has 0 bridgehead atoms. The highest BCUT2D eigenvalue weighted by molar-refractivity contribution is 5.99. The molecule has 0 radical (unpaired) electrons. The van der Waals surface area contributed by atoms with Crippen LogP contribution in [0, 0.1) is 0 Å². The SMILES string of the molecule is CN(C(=O)c1ccc2nc(N)c3c(c2c1)COC3)[C@H]1COc2cc(NO)ccc21. The average Bonchev–Trinajstić information content (AvgIpc) is 3.40. The van der Waals surface area contributed by atoms with Crippen molar-refractivity contribution in [3.63, 3.8) is 0 Å². The zero-order chi connectivity index (χ0) is 20.1. The summed E-state index contributed by atoms with van der Waals surface area (Å²) in [5.41, 5.74) is 12.8. The number of fused-ring (bicyclic) bond motifs is 4. The molecule has 3 aromatic rings. The third-order valence-corrected chi connectivity index (χ3v) is 5.66. The van der Waals surface area contributed by atoms with Crippen molar-refractivity contribution in [2.45, 2.75) is 19.3 Å². The molecule has 1 amide bonds. The second-order valence-corrected chi connectivity index (χ2v) is 7.29. The molecule has 2 aliphatic heterocycles. The van der Waals surface area contributed by atoms with Crippen LogP contribution in [0.15, 0.2) is 36.4 Å². The van der Waals surface area contributed by atoms with Gasteiger partial charge in [0.2, 0.25) is 0 Å². The fourth-order valence-electron chi connectivity index (χ4n) is 4.03. The molecule has 148 valence electrons. The second kappa shape index (κ2) is 6.61. The number of carbonyl (C=O) groups excluding carboxylic acids is 1. The van der Waals surface area contributed by atoms with Crippen LogP contribution in [0.3, 0.4) is 0 Å². The van der Waals surface area contributed by atoms with Crippen molar-refractivity contribution >= 4 is 28.3 Å². The first-order chi connectivity index (χ1) is 14.1. The van der Waals surface area contributed by atoms with Gasteiger partial charge in [0.05, 0.1) is 30.5 Å². The lowest BCUT2D eigenvalue weighted by Gasteiger charge is -2.24. The molecule has 29 heavy (non-hydrogen) atoms. The van der Waals surface area contributed by atoms with Gasteiger partial charge in [0.25, 0.3) is 5.91 Å². The van der Waals surface area contributed by atoms with Crippen molar-refractivity contribution in [2.24, 2.45) is 0 Å². The standard InChI is InChI=1S/C21H20N4O4/c1-25(18-10-29-19-7-12(24-27)3-4-13(18)19)21(26)11-2-5-17-14(6-11)15-8-28-9-16(15)20(22)23-17/h2-7,18,24,27H,8-10H2,1H3,(H2,22,23)/t18-/m0/s1. The Morgan fingerprint density at radius 2 is 2.07 bits per heavy atom. The van der Waals surface area contributed by atoms with Gasteiger partial charge in [0, 0.05) is 35.2 Å². The number of hydrogen-bond acceptors (Lipinski definition) is 7. The lowest BCUT2D eigenvalue weighted by atomic mass is 10.0. The predicted octanol–water partition coefficient (Wildman–Crippen LogP) is 2.85. The molecule has 4 N–H and O–H groups in total. The number of anilines is 2. The lowest BCUT2D eigenvalue weighted by molar-refractivity contribution is 0.0708. The Balaban J connectivity index is 1.48. The molecule has 0 unspecified atom stereocenters. The van der Waals surface area contributed by atoms with Gasteiger partial charge in [0.1, 0.15) is 18.2 Å². The molecule has 1 atom stereocenters. The van der Waals surface area contributed by atoms with E-state index in [9.17, 15) is 4.79 Å². The Labute approximate surface area is 166 Å². The first kappa shape index (κ1) is 17.7. The van der Waals surface area contributed by atoms with E-state index in [1.807, 2.05) is 18.2 Å². The highest BCUT2D eigenvalue weighted by atomic mass is 16.5. The van der Waals surface area contributed by atoms with Gasteiger partial charge in [-0.05, 0) is 29.8 Å². The Bertz CT molecular complexity index is 1150. The summed E-state index contributed by atoms with van der Waals surface area (Å²) in [4.78, 5) is 19.3. The molecule has 0 saturated heterocycles. The molecule has 0 spiro atoms. The van der Waals surface area contributed by atoms with Crippen LogP contribution in [0.1, 0.15) is 33.1 Å². The van der Waals surface area contributed by atoms with Gasteiger partial charge in [-0.1, -0.05) is 6.07 Å². The van der Waals surface area contributed by atoms with Crippen LogP contribution in [0.5, 0.6) is 5.75 Å². The maximum atomic E-state index is 13.2. The number of rotatable bonds is 3. The van der Waals surface area contributed by atoms with Crippen LogP contribution < -0.4 is 16.0 Å². The lowest BCUT2D eigenvalue weighted by Crippen LogP contribution is -2.32. The summed E-state index contributed by atoms with van der Waals surface area (Å²) < 4.78 is 11.3. The molecule has 0 aliphatic carbocycles. The Morgan fingerprint density at radius 3 is 2.90 bits per heavy atom. The minimum atomic E-state index is -0.209. The monoisotopic (exact) mass is 392 g/mol. The van der Waals surface area contributed by atoms with Gasteiger partial charge in [-0.2, -0.15) is 0 Å². The van der Waals surface area contributed by atoms with E-state index in [1.54, 1.807) is 30.1 Å². The summed E-state index contributed by atoms with van der Waals surface area (Å²) in [5, 5.41) is 9.96. The number of pyridine rings is 1. The number of amides is 1. The normalized spacial score (nSPS) is 17.0. The van der Waals surface area contributed by atoms with E-state index in [1.165, 1.54) is 0 Å². The number of nitrogen functional groups attached to an aromatic ring is 1. The Morgan fingerprint density at radius 1 is 1.24 bits per heavy atom. The molecule has 8 heteroatoms. The molecule has 5 rings (SSSR count). The van der Waals surface area contributed by atoms with E-state index in [-0.39, 0.29) is 11.9 Å². The summed E-state index contributed by atoms with van der Waals surface area (Å²) in [6, 6.07) is 10.6. The van der Waals surface area contributed by atoms with E-state index in [0.717, 1.165) is 27.6 Å². The molecular weight excluding hydrogens is 372 g/mol. The zero-order valence-corrected chi connectivity index (χ0v) is 15.8. The van der Waals surface area contributed by atoms with Crippen LogP contribution in [0.2, 0.25) is 0 Å². The minimum Gasteiger partial charge on any atom is -0.491 e. The summed E-state index contributed by atoms with van der Waals surface area (Å²) in [6.07, 6.45) is 0. The van der Waals surface area contributed by atoms with Gasteiger partial charge < -0.3 is 20.1 Å².